The molecular weight excluding hydrogens is 259 g/mol. The van der Waals surface area contributed by atoms with Crippen molar-refractivity contribution in [1.29, 1.82) is 0 Å². The molecular formula is C12H10Cl2N2O. The lowest BCUT2D eigenvalue weighted by molar-refractivity contribution is 0.0952. The molecule has 17 heavy (non-hydrogen) atoms. The monoisotopic (exact) mass is 268 g/mol. The van der Waals surface area contributed by atoms with E-state index in [4.69, 9.17) is 23.2 Å². The van der Waals surface area contributed by atoms with Gasteiger partial charge in [-0.05, 0) is 30.5 Å². The molecule has 1 aliphatic heterocycles. The van der Waals surface area contributed by atoms with E-state index in [2.05, 4.69) is 10.3 Å². The molecule has 3 nitrogen and oxygen atoms in total. The zero-order valence-electron chi connectivity index (χ0n) is 8.94. The molecule has 0 fully saturated rings. The highest BCUT2D eigenvalue weighted by atomic mass is 35.5. The Kier molecular flexibility index (Phi) is 2.53. The third-order valence-electron chi connectivity index (χ3n) is 3.05. The number of nitrogens with one attached hydrogen (secondary N) is 2. The van der Waals surface area contributed by atoms with Gasteiger partial charge in [-0.1, -0.05) is 23.2 Å². The average Bonchev–Trinajstić information content (AvgIpc) is 2.53. The van der Waals surface area contributed by atoms with Crippen LogP contribution in [0.5, 0.6) is 0 Å². The molecule has 0 saturated carbocycles. The highest BCUT2D eigenvalue weighted by Gasteiger charge is 2.21. The fourth-order valence-electron chi connectivity index (χ4n) is 2.28. The Morgan fingerprint density at radius 2 is 2.06 bits per heavy atom. The summed E-state index contributed by atoms with van der Waals surface area (Å²) in [5.41, 5.74) is 2.42. The predicted molar refractivity (Wildman–Crippen MR) is 69.0 cm³/mol. The number of amides is 1. The number of hydrogen-bond acceptors (Lipinski definition) is 1. The number of aryl methyl sites for hydroxylation is 1. The van der Waals surface area contributed by atoms with Crippen LogP contribution >= 0.6 is 23.2 Å². The number of aromatic amines is 1. The normalized spacial score (nSPS) is 15.5. The Morgan fingerprint density at radius 1 is 1.24 bits per heavy atom. The lowest BCUT2D eigenvalue weighted by atomic mass is 10.1. The van der Waals surface area contributed by atoms with Crippen LogP contribution in [-0.2, 0) is 6.42 Å². The molecule has 88 valence electrons. The van der Waals surface area contributed by atoms with Crippen LogP contribution in [-0.4, -0.2) is 17.4 Å². The highest BCUT2D eigenvalue weighted by molar-refractivity contribution is 6.38. The van der Waals surface area contributed by atoms with Crippen molar-refractivity contribution in [3.05, 3.63) is 33.4 Å². The molecule has 2 aromatic rings. The Labute approximate surface area is 108 Å². The van der Waals surface area contributed by atoms with Crippen molar-refractivity contribution in [2.24, 2.45) is 0 Å². The quantitative estimate of drug-likeness (QED) is 0.758. The first-order valence-electron chi connectivity index (χ1n) is 5.44. The second-order valence-electron chi connectivity index (χ2n) is 4.15. The van der Waals surface area contributed by atoms with E-state index in [1.165, 1.54) is 0 Å². The van der Waals surface area contributed by atoms with Gasteiger partial charge in [-0.25, -0.2) is 0 Å². The molecule has 1 amide bonds. The number of rotatable bonds is 0. The van der Waals surface area contributed by atoms with E-state index >= 15 is 0 Å². The van der Waals surface area contributed by atoms with Gasteiger partial charge in [-0.15, -0.1) is 0 Å². The van der Waals surface area contributed by atoms with Gasteiger partial charge in [-0.3, -0.25) is 4.79 Å². The second kappa shape index (κ2) is 3.93. The van der Waals surface area contributed by atoms with E-state index in [0.717, 1.165) is 29.3 Å². The summed E-state index contributed by atoms with van der Waals surface area (Å²) in [5, 5.41) is 4.94. The number of aromatic nitrogens is 1. The van der Waals surface area contributed by atoms with Crippen molar-refractivity contribution < 1.29 is 4.79 Å². The van der Waals surface area contributed by atoms with Crippen molar-refractivity contribution >= 4 is 40.0 Å². The topological polar surface area (TPSA) is 44.9 Å². The number of hydrogen-bond donors (Lipinski definition) is 2. The maximum Gasteiger partial charge on any atom is 0.268 e. The molecule has 1 aromatic carbocycles. The molecule has 1 aromatic heterocycles. The largest absolute Gasteiger partial charge is 0.351 e. The molecule has 0 spiro atoms. The van der Waals surface area contributed by atoms with Crippen molar-refractivity contribution in [3.63, 3.8) is 0 Å². The minimum atomic E-state index is -0.0686. The summed E-state index contributed by atoms with van der Waals surface area (Å²) in [7, 11) is 0. The molecule has 0 atom stereocenters. The van der Waals surface area contributed by atoms with Crippen LogP contribution in [0.4, 0.5) is 0 Å². The number of H-pyrrole nitrogens is 1. The van der Waals surface area contributed by atoms with Crippen LogP contribution in [0, 0.1) is 0 Å². The van der Waals surface area contributed by atoms with Crippen LogP contribution in [0.25, 0.3) is 10.9 Å². The van der Waals surface area contributed by atoms with E-state index in [1.54, 1.807) is 6.07 Å². The van der Waals surface area contributed by atoms with Gasteiger partial charge in [0.2, 0.25) is 0 Å². The molecule has 1 aliphatic rings. The second-order valence-corrected chi connectivity index (χ2v) is 4.99. The average molecular weight is 269 g/mol. The Balaban J connectivity index is 2.35. The Hall–Kier alpha value is -1.19. The van der Waals surface area contributed by atoms with Gasteiger partial charge in [-0.2, -0.15) is 0 Å². The van der Waals surface area contributed by atoms with Gasteiger partial charge in [0.05, 0.1) is 10.5 Å². The van der Waals surface area contributed by atoms with E-state index in [1.807, 2.05) is 6.07 Å². The zero-order valence-corrected chi connectivity index (χ0v) is 10.5. The first-order chi connectivity index (χ1) is 8.16. The van der Waals surface area contributed by atoms with Crippen LogP contribution in [0.15, 0.2) is 12.1 Å². The minimum absolute atomic E-state index is 0.0686. The van der Waals surface area contributed by atoms with E-state index in [0.29, 0.717) is 22.3 Å². The lowest BCUT2D eigenvalue weighted by Gasteiger charge is -1.99. The summed E-state index contributed by atoms with van der Waals surface area (Å²) in [6.07, 6.45) is 1.78. The Morgan fingerprint density at radius 3 is 2.88 bits per heavy atom. The smallest absolute Gasteiger partial charge is 0.268 e. The van der Waals surface area contributed by atoms with Crippen LogP contribution in [0.3, 0.4) is 0 Å². The van der Waals surface area contributed by atoms with Gasteiger partial charge in [0, 0.05) is 17.0 Å². The standard InChI is InChI=1S/C12H10Cl2N2O/c13-6-4-8-7-2-1-3-15-12(17)11(7)16-10(8)9(14)5-6/h4-5,16H,1-3H2,(H,15,17). The fourth-order valence-corrected chi connectivity index (χ4v) is 2.82. The summed E-state index contributed by atoms with van der Waals surface area (Å²) >= 11 is 12.1. The van der Waals surface area contributed by atoms with Gasteiger partial charge in [0.1, 0.15) is 5.69 Å². The first-order valence-corrected chi connectivity index (χ1v) is 6.20. The number of benzene rings is 1. The zero-order chi connectivity index (χ0) is 12.0. The predicted octanol–water partition coefficient (Wildman–Crippen LogP) is 3.15. The van der Waals surface area contributed by atoms with E-state index in [-0.39, 0.29) is 5.91 Å². The van der Waals surface area contributed by atoms with Crippen molar-refractivity contribution in [2.45, 2.75) is 12.8 Å². The van der Waals surface area contributed by atoms with E-state index < -0.39 is 0 Å². The Bertz CT molecular complexity index is 618. The minimum Gasteiger partial charge on any atom is -0.351 e. The van der Waals surface area contributed by atoms with Crippen molar-refractivity contribution in [1.82, 2.24) is 10.3 Å². The van der Waals surface area contributed by atoms with Gasteiger partial charge in [0.25, 0.3) is 5.91 Å². The summed E-state index contributed by atoms with van der Waals surface area (Å²) in [5.74, 6) is -0.0686. The number of halogens is 2. The fraction of sp³-hybridized carbons (Fsp3) is 0.250. The van der Waals surface area contributed by atoms with Gasteiger partial charge < -0.3 is 10.3 Å². The number of fused-ring (bicyclic) bond motifs is 3. The van der Waals surface area contributed by atoms with Crippen molar-refractivity contribution in [2.75, 3.05) is 6.54 Å². The van der Waals surface area contributed by atoms with Crippen LogP contribution < -0.4 is 5.32 Å². The summed E-state index contributed by atoms with van der Waals surface area (Å²) in [6.45, 7) is 0.706. The molecule has 0 unspecified atom stereocenters. The summed E-state index contributed by atoms with van der Waals surface area (Å²) in [6, 6.07) is 3.54. The number of carbonyl (C=O) groups excluding carboxylic acids is 1. The molecule has 0 saturated heterocycles. The molecule has 0 bridgehead atoms. The third kappa shape index (κ3) is 1.70. The summed E-state index contributed by atoms with van der Waals surface area (Å²) in [4.78, 5) is 15.0. The third-order valence-corrected chi connectivity index (χ3v) is 3.56. The maximum absolute atomic E-state index is 11.9. The van der Waals surface area contributed by atoms with Gasteiger partial charge in [0.15, 0.2) is 0 Å². The lowest BCUT2D eigenvalue weighted by Crippen LogP contribution is -2.22. The molecule has 2 N–H and O–H groups in total. The maximum atomic E-state index is 11.9. The molecule has 0 aliphatic carbocycles. The molecule has 0 radical (unpaired) electrons. The van der Waals surface area contributed by atoms with Crippen LogP contribution in [0.1, 0.15) is 22.5 Å². The van der Waals surface area contributed by atoms with Crippen molar-refractivity contribution in [3.8, 4) is 0 Å². The summed E-state index contributed by atoms with van der Waals surface area (Å²) < 4.78 is 0. The molecule has 5 heteroatoms. The molecule has 2 heterocycles. The van der Waals surface area contributed by atoms with Gasteiger partial charge >= 0.3 is 0 Å². The molecule has 3 rings (SSSR count). The number of carbonyl (C=O) groups is 1. The SMILES string of the molecule is O=C1NCCCc2c1[nH]c1c(Cl)cc(Cl)cc21. The van der Waals surface area contributed by atoms with E-state index in [9.17, 15) is 4.79 Å². The van der Waals surface area contributed by atoms with Crippen LogP contribution in [0.2, 0.25) is 10.0 Å². The first kappa shape index (κ1) is 10.9. The highest BCUT2D eigenvalue weighted by Crippen LogP contribution is 2.32.